The summed E-state index contributed by atoms with van der Waals surface area (Å²) < 4.78 is 14.9. The number of hydrogen-bond acceptors (Lipinski definition) is 3. The van der Waals surface area contributed by atoms with Gasteiger partial charge in [-0.25, -0.2) is 9.37 Å². The quantitative estimate of drug-likeness (QED) is 0.740. The summed E-state index contributed by atoms with van der Waals surface area (Å²) in [7, 11) is 0. The van der Waals surface area contributed by atoms with Gasteiger partial charge >= 0.3 is 0 Å². The number of halogens is 3. The number of carbonyl (C=O) groups is 1. The molecule has 8 heteroatoms. The molecule has 25 heavy (non-hydrogen) atoms. The lowest BCUT2D eigenvalue weighted by molar-refractivity contribution is -0.122. The third-order valence-electron chi connectivity index (χ3n) is 4.01. The molecule has 0 aliphatic heterocycles. The van der Waals surface area contributed by atoms with Crippen LogP contribution in [0, 0.1) is 5.82 Å². The third kappa shape index (κ3) is 3.23. The summed E-state index contributed by atoms with van der Waals surface area (Å²) in [6, 6.07) is 10.3. The predicted molar refractivity (Wildman–Crippen MR) is 92.9 cm³/mol. The lowest BCUT2D eigenvalue weighted by Crippen LogP contribution is -2.46. The maximum Gasteiger partial charge on any atom is 0.234 e. The molecule has 0 saturated carbocycles. The number of rotatable bonds is 5. The van der Waals surface area contributed by atoms with Crippen LogP contribution in [0.4, 0.5) is 4.39 Å². The van der Waals surface area contributed by atoms with Gasteiger partial charge in [0.25, 0.3) is 0 Å². The monoisotopic (exact) mass is 378 g/mol. The van der Waals surface area contributed by atoms with Crippen LogP contribution in [-0.4, -0.2) is 20.7 Å². The molecule has 3 rings (SSSR count). The fraction of sp³-hybridized carbons (Fsp3) is 0.118. The van der Waals surface area contributed by atoms with Gasteiger partial charge in [-0.15, -0.1) is 0 Å². The molecule has 0 aliphatic carbocycles. The lowest BCUT2D eigenvalue weighted by Gasteiger charge is -2.32. The van der Waals surface area contributed by atoms with E-state index >= 15 is 0 Å². The third-order valence-corrected chi connectivity index (χ3v) is 4.56. The zero-order valence-corrected chi connectivity index (χ0v) is 14.4. The predicted octanol–water partition coefficient (Wildman–Crippen LogP) is 3.20. The molecule has 1 heterocycles. The highest BCUT2D eigenvalue weighted by atomic mass is 35.5. The van der Waals surface area contributed by atoms with Crippen molar-refractivity contribution in [3.05, 3.63) is 82.1 Å². The van der Waals surface area contributed by atoms with Crippen molar-refractivity contribution in [1.82, 2.24) is 14.8 Å². The summed E-state index contributed by atoms with van der Waals surface area (Å²) in [6.45, 7) is 0.0509. The van der Waals surface area contributed by atoms with Crippen molar-refractivity contribution in [3.63, 3.8) is 0 Å². The Balaban J connectivity index is 2.28. The van der Waals surface area contributed by atoms with E-state index in [0.717, 1.165) is 0 Å². The molecular weight excluding hydrogens is 366 g/mol. The summed E-state index contributed by atoms with van der Waals surface area (Å²) in [6.07, 6.45) is 2.81. The van der Waals surface area contributed by atoms with Crippen molar-refractivity contribution in [1.29, 1.82) is 0 Å². The smallest absolute Gasteiger partial charge is 0.234 e. The minimum Gasteiger partial charge on any atom is -0.369 e. The Morgan fingerprint density at radius 2 is 1.92 bits per heavy atom. The minimum atomic E-state index is -1.37. The van der Waals surface area contributed by atoms with Crippen LogP contribution in [-0.2, 0) is 16.8 Å². The van der Waals surface area contributed by atoms with Gasteiger partial charge in [0, 0.05) is 10.0 Å². The molecule has 1 amide bonds. The molecule has 5 nitrogen and oxygen atoms in total. The first kappa shape index (κ1) is 17.4. The molecule has 1 atom stereocenters. The van der Waals surface area contributed by atoms with Gasteiger partial charge in [-0.05, 0) is 35.4 Å². The molecule has 0 saturated heterocycles. The number of nitrogens with zero attached hydrogens (tertiary/aromatic N) is 3. The van der Waals surface area contributed by atoms with Crippen molar-refractivity contribution in [2.24, 2.45) is 5.73 Å². The first-order valence-corrected chi connectivity index (χ1v) is 8.03. The molecule has 0 bridgehead atoms. The molecule has 0 aliphatic rings. The van der Waals surface area contributed by atoms with Gasteiger partial charge in [0.05, 0.1) is 6.54 Å². The molecule has 0 spiro atoms. The van der Waals surface area contributed by atoms with E-state index in [0.29, 0.717) is 16.1 Å². The summed E-state index contributed by atoms with van der Waals surface area (Å²) in [4.78, 5) is 16.5. The Kier molecular flexibility index (Phi) is 4.74. The van der Waals surface area contributed by atoms with Crippen LogP contribution in [0.2, 0.25) is 10.0 Å². The Labute approximate surface area is 153 Å². The first-order chi connectivity index (χ1) is 11.9. The Morgan fingerprint density at radius 1 is 1.20 bits per heavy atom. The summed E-state index contributed by atoms with van der Waals surface area (Å²) in [5.74, 6) is -1.08. The molecule has 1 aromatic heterocycles. The average Bonchev–Trinajstić information content (AvgIpc) is 3.06. The number of benzene rings is 2. The molecule has 2 aromatic carbocycles. The van der Waals surface area contributed by atoms with Crippen LogP contribution in [0.25, 0.3) is 0 Å². The highest BCUT2D eigenvalue weighted by Crippen LogP contribution is 2.39. The van der Waals surface area contributed by atoms with Crippen molar-refractivity contribution < 1.29 is 9.18 Å². The van der Waals surface area contributed by atoms with Crippen LogP contribution in [0.1, 0.15) is 11.1 Å². The molecular formula is C17H13Cl2FN4O. The largest absolute Gasteiger partial charge is 0.369 e. The standard InChI is InChI=1S/C17H13Cl2FN4O/c18-12-3-6-14(15(19)7-12)17(16(21)25,8-24-10-22-9-23-24)11-1-4-13(20)5-2-11/h1-7,9-10H,8H2,(H2,21,25). The molecule has 0 radical (unpaired) electrons. The second kappa shape index (κ2) is 6.82. The Hall–Kier alpha value is -2.44. The van der Waals surface area contributed by atoms with Crippen LogP contribution in [0.3, 0.4) is 0 Å². The van der Waals surface area contributed by atoms with Crippen molar-refractivity contribution in [3.8, 4) is 0 Å². The average molecular weight is 379 g/mol. The van der Waals surface area contributed by atoms with E-state index in [-0.39, 0.29) is 11.6 Å². The van der Waals surface area contributed by atoms with Gasteiger partial charge in [0.2, 0.25) is 5.91 Å². The summed E-state index contributed by atoms with van der Waals surface area (Å²) in [5.41, 5.74) is 5.38. The number of primary amides is 1. The Morgan fingerprint density at radius 3 is 2.48 bits per heavy atom. The number of carbonyl (C=O) groups excluding carboxylic acids is 1. The highest BCUT2D eigenvalue weighted by Gasteiger charge is 2.43. The second-order valence-electron chi connectivity index (χ2n) is 5.49. The normalized spacial score (nSPS) is 13.4. The zero-order valence-electron chi connectivity index (χ0n) is 12.9. The summed E-state index contributed by atoms with van der Waals surface area (Å²) in [5, 5.41) is 4.75. The molecule has 0 fully saturated rings. The minimum absolute atomic E-state index is 0.0509. The van der Waals surface area contributed by atoms with E-state index in [9.17, 15) is 9.18 Å². The van der Waals surface area contributed by atoms with Gasteiger partial charge in [0.15, 0.2) is 0 Å². The van der Waals surface area contributed by atoms with E-state index < -0.39 is 17.1 Å². The van der Waals surface area contributed by atoms with E-state index in [4.69, 9.17) is 28.9 Å². The van der Waals surface area contributed by atoms with Crippen LogP contribution in [0.15, 0.2) is 55.1 Å². The van der Waals surface area contributed by atoms with Gasteiger partial charge < -0.3 is 5.73 Å². The maximum absolute atomic E-state index is 13.4. The number of amides is 1. The maximum atomic E-state index is 13.4. The van der Waals surface area contributed by atoms with Crippen LogP contribution in [0.5, 0.6) is 0 Å². The number of nitrogens with two attached hydrogens (primary N) is 1. The Bertz CT molecular complexity index is 900. The highest BCUT2D eigenvalue weighted by molar-refractivity contribution is 6.35. The van der Waals surface area contributed by atoms with E-state index in [2.05, 4.69) is 10.1 Å². The first-order valence-electron chi connectivity index (χ1n) is 7.27. The second-order valence-corrected chi connectivity index (χ2v) is 6.34. The lowest BCUT2D eigenvalue weighted by atomic mass is 9.73. The topological polar surface area (TPSA) is 73.8 Å². The molecule has 3 aromatic rings. The molecule has 128 valence electrons. The molecule has 1 unspecified atom stereocenters. The summed E-state index contributed by atoms with van der Waals surface area (Å²) >= 11 is 12.3. The van der Waals surface area contributed by atoms with E-state index in [1.807, 2.05) is 0 Å². The van der Waals surface area contributed by atoms with Crippen molar-refractivity contribution in [2.75, 3.05) is 0 Å². The number of aromatic nitrogens is 3. The van der Waals surface area contributed by atoms with Gasteiger partial charge in [-0.3, -0.25) is 9.48 Å². The molecule has 2 N–H and O–H groups in total. The van der Waals surface area contributed by atoms with E-state index in [1.54, 1.807) is 12.1 Å². The fourth-order valence-electron chi connectivity index (χ4n) is 2.81. The van der Waals surface area contributed by atoms with Gasteiger partial charge in [-0.1, -0.05) is 41.4 Å². The van der Waals surface area contributed by atoms with Crippen molar-refractivity contribution in [2.45, 2.75) is 12.0 Å². The zero-order chi connectivity index (χ0) is 18.0. The van der Waals surface area contributed by atoms with Crippen molar-refractivity contribution >= 4 is 29.1 Å². The van der Waals surface area contributed by atoms with Gasteiger partial charge in [-0.2, -0.15) is 5.10 Å². The van der Waals surface area contributed by atoms with E-state index in [1.165, 1.54) is 47.7 Å². The van der Waals surface area contributed by atoms with Crippen LogP contribution < -0.4 is 5.73 Å². The number of hydrogen-bond donors (Lipinski definition) is 1. The van der Waals surface area contributed by atoms with Gasteiger partial charge in [0.1, 0.15) is 23.9 Å². The fourth-order valence-corrected chi connectivity index (χ4v) is 3.38. The van der Waals surface area contributed by atoms with Crippen LogP contribution >= 0.6 is 23.2 Å². The SMILES string of the molecule is NC(=O)C(Cn1cncn1)(c1ccc(F)cc1)c1ccc(Cl)cc1Cl.